The summed E-state index contributed by atoms with van der Waals surface area (Å²) in [5, 5.41) is 23.7. The molecule has 14 nitrogen and oxygen atoms in total. The van der Waals surface area contributed by atoms with E-state index in [1.807, 2.05) is 12.2 Å². The molecule has 2 aliphatic heterocycles. The molecule has 12 aliphatic rings. The van der Waals surface area contributed by atoms with Crippen LogP contribution in [0.15, 0.2) is 47.6 Å². The van der Waals surface area contributed by atoms with E-state index >= 15 is 0 Å². The predicted molar refractivity (Wildman–Crippen MR) is 286 cm³/mol. The number of carbonyl (C=O) groups is 6. The first-order chi connectivity index (χ1) is 37.0. The maximum Gasteiger partial charge on any atom is 0.308 e. The molecular weight excluding hydrogens is 993 g/mol. The zero-order chi connectivity index (χ0) is 55.5. The molecule has 0 spiro atoms. The molecule has 2 saturated heterocycles. The molecule has 0 unspecified atom stereocenters. The number of ether oxygens (including phenoxy) is 6. The third-order valence-corrected chi connectivity index (χ3v) is 23.0. The van der Waals surface area contributed by atoms with E-state index in [4.69, 9.17) is 28.4 Å². The van der Waals surface area contributed by atoms with Gasteiger partial charge in [-0.1, -0.05) is 117 Å². The van der Waals surface area contributed by atoms with Gasteiger partial charge in [0, 0.05) is 45.3 Å². The Labute approximate surface area is 461 Å². The zero-order valence-corrected chi connectivity index (χ0v) is 47.6. The van der Waals surface area contributed by atoms with Gasteiger partial charge in [-0.25, -0.2) is 0 Å². The molecule has 0 aromatic heterocycles. The summed E-state index contributed by atoms with van der Waals surface area (Å²) >= 11 is 0. The molecule has 2 heterocycles. The monoisotopic (exact) mass is 1080 g/mol. The van der Waals surface area contributed by atoms with Crippen LogP contribution in [0.2, 0.25) is 0 Å². The summed E-state index contributed by atoms with van der Waals surface area (Å²) in [7, 11) is 0. The normalized spacial score (nSPS) is 45.3. The highest BCUT2D eigenvalue weighted by Crippen LogP contribution is 2.72. The minimum Gasteiger partial charge on any atom is -0.457 e. The number of aliphatic hydroxyl groups is 2. The topological polar surface area (TPSA) is 198 Å². The number of fused-ring (bicyclic) bond motifs is 14. The fraction of sp³-hybridized carbons (Fsp3) is 0.781. The summed E-state index contributed by atoms with van der Waals surface area (Å²) in [6.45, 7) is 14.9. The molecule has 2 N–H and O–H groups in total. The van der Waals surface area contributed by atoms with E-state index in [2.05, 4.69) is 27.7 Å². The highest BCUT2D eigenvalue weighted by Gasteiger charge is 2.78. The van der Waals surface area contributed by atoms with Crippen molar-refractivity contribution in [2.45, 2.75) is 219 Å². The van der Waals surface area contributed by atoms with Crippen LogP contribution in [0.25, 0.3) is 0 Å². The molecule has 78 heavy (non-hydrogen) atoms. The summed E-state index contributed by atoms with van der Waals surface area (Å²) in [5.74, 6) is -0.942. The molecule has 12 rings (SSSR count). The average Bonchev–Trinajstić information content (AvgIpc) is 2.69. The summed E-state index contributed by atoms with van der Waals surface area (Å²) in [6.07, 6.45) is 24.3. The number of Topliss-reactive ketones (excluding diaryl/α,β-unsaturated/α-hetero) is 2. The fourth-order valence-corrected chi connectivity index (χ4v) is 19.2. The summed E-state index contributed by atoms with van der Waals surface area (Å²) in [4.78, 5) is 77.5. The molecule has 0 aromatic rings. The van der Waals surface area contributed by atoms with Crippen LogP contribution in [-0.4, -0.2) is 107 Å². The van der Waals surface area contributed by atoms with Crippen LogP contribution < -0.4 is 0 Å². The summed E-state index contributed by atoms with van der Waals surface area (Å²) in [5.41, 5.74) is -2.38. The first kappa shape index (κ1) is 56.2. The van der Waals surface area contributed by atoms with Gasteiger partial charge in [-0.3, -0.25) is 28.8 Å². The average molecular weight is 1080 g/mol. The maximum absolute atomic E-state index is 14.2. The molecule has 0 aromatic carbocycles. The molecule has 8 saturated carbocycles. The molecule has 10 fully saturated rings. The van der Waals surface area contributed by atoms with Gasteiger partial charge in [-0.15, -0.1) is 0 Å². The highest BCUT2D eigenvalue weighted by molar-refractivity contribution is 6.02. The number of ketones is 4. The van der Waals surface area contributed by atoms with Gasteiger partial charge in [0.1, 0.15) is 0 Å². The quantitative estimate of drug-likeness (QED) is 0.196. The van der Waals surface area contributed by atoms with Crippen LogP contribution in [0, 0.1) is 80.8 Å². The Morgan fingerprint density at radius 1 is 0.577 bits per heavy atom. The number of hydrogen-bond donors (Lipinski definition) is 2. The van der Waals surface area contributed by atoms with Crippen molar-refractivity contribution >= 4 is 35.1 Å². The Morgan fingerprint density at radius 2 is 0.949 bits per heavy atom. The SMILES string of the molecule is CC(C)C(=O)OCC(=O)[C@@]12O[C@H](C3CCCCC3)O[C@@H]1C[C@H]1[C@@H]3CCC4=CC(=O)C=C[C@]4(C)[C@H]3[C@@H](O)C[C@@]12C.CC(C)C(=O)OCC(=O)[C@@]12O[C@H](C3CCCCC3)O[C@@H]1C[C@H]1[C@@H]3CCC4=CC(=O)C=C[C@]4(C)[C@H]3[C@@H](O)C[C@@]12C. The van der Waals surface area contributed by atoms with Gasteiger partial charge >= 0.3 is 11.9 Å². The number of hydrogen-bond acceptors (Lipinski definition) is 14. The van der Waals surface area contributed by atoms with Gasteiger partial charge in [-0.05, 0) is 125 Å². The third-order valence-electron chi connectivity index (χ3n) is 23.0. The number of allylic oxidation sites excluding steroid dienone is 8. The molecule has 0 radical (unpaired) electrons. The van der Waals surface area contributed by atoms with Crippen LogP contribution >= 0.6 is 0 Å². The van der Waals surface area contributed by atoms with Crippen molar-refractivity contribution in [2.24, 2.45) is 80.8 Å². The van der Waals surface area contributed by atoms with E-state index in [1.165, 1.54) is 12.8 Å². The van der Waals surface area contributed by atoms with Gasteiger partial charge < -0.3 is 38.6 Å². The van der Waals surface area contributed by atoms with E-state index in [9.17, 15) is 39.0 Å². The van der Waals surface area contributed by atoms with Crippen LogP contribution in [0.3, 0.4) is 0 Å². The van der Waals surface area contributed by atoms with E-state index in [0.29, 0.717) is 25.7 Å². The van der Waals surface area contributed by atoms with Gasteiger partial charge in [0.15, 0.2) is 48.6 Å². The Morgan fingerprint density at radius 3 is 1.31 bits per heavy atom. The first-order valence-corrected chi connectivity index (χ1v) is 30.3. The Kier molecular flexibility index (Phi) is 14.9. The van der Waals surface area contributed by atoms with E-state index in [0.717, 1.165) is 88.2 Å². The number of rotatable bonds is 10. The van der Waals surface area contributed by atoms with Crippen LogP contribution in [0.5, 0.6) is 0 Å². The maximum atomic E-state index is 14.2. The number of aliphatic hydroxyl groups excluding tert-OH is 2. The van der Waals surface area contributed by atoms with Crippen LogP contribution in [0.1, 0.15) is 171 Å². The molecule has 0 amide bonds. The minimum atomic E-state index is -1.25. The van der Waals surface area contributed by atoms with Crippen molar-refractivity contribution in [2.75, 3.05) is 13.2 Å². The largest absolute Gasteiger partial charge is 0.457 e. The standard InChI is InChI=1S/2C32H44O7/c2*1-18(2)28(36)37-17-25(35)32-26(38-29(39-32)19-8-6-5-7-9-19)15-23-22-11-10-20-14-21(33)12-13-30(20,3)27(22)24(34)16-31(23,32)4/h2*12-14,18-19,22-24,26-27,29,34H,5-11,15-17H2,1-4H3/t2*22-,23-,24-,26+,27+,29+,30-,31-,32+/m00/s1. The lowest BCUT2D eigenvalue weighted by atomic mass is 9.46. The lowest BCUT2D eigenvalue weighted by Crippen LogP contribution is -2.63. The Balaban J connectivity index is 0.000000165. The second-order valence-corrected chi connectivity index (χ2v) is 27.8. The van der Waals surface area contributed by atoms with Gasteiger partial charge in [0.2, 0.25) is 11.6 Å². The van der Waals surface area contributed by atoms with E-state index < -0.39 is 71.0 Å². The fourth-order valence-electron chi connectivity index (χ4n) is 19.2. The lowest BCUT2D eigenvalue weighted by molar-refractivity contribution is -0.210. The molecular formula is C64H88O14. The van der Waals surface area contributed by atoms with Crippen molar-refractivity contribution in [3.05, 3.63) is 47.6 Å². The van der Waals surface area contributed by atoms with Gasteiger partial charge in [0.25, 0.3) is 0 Å². The molecule has 14 heteroatoms. The second-order valence-electron chi connectivity index (χ2n) is 27.8. The molecule has 428 valence electrons. The van der Waals surface area contributed by atoms with Crippen molar-refractivity contribution in [1.29, 1.82) is 0 Å². The van der Waals surface area contributed by atoms with Crippen LogP contribution in [0.4, 0.5) is 0 Å². The van der Waals surface area contributed by atoms with E-state index in [1.54, 1.807) is 52.0 Å². The van der Waals surface area contributed by atoms with E-state index in [-0.39, 0.29) is 106 Å². The number of esters is 2. The minimum absolute atomic E-state index is 0.0162. The summed E-state index contributed by atoms with van der Waals surface area (Å²) in [6, 6.07) is 0. The van der Waals surface area contributed by atoms with Gasteiger partial charge in [0.05, 0.1) is 36.3 Å². The first-order valence-electron chi connectivity index (χ1n) is 30.3. The highest BCUT2D eigenvalue weighted by atomic mass is 16.8. The Bertz CT molecular complexity index is 2380. The molecule has 18 atom stereocenters. The predicted octanol–water partition coefficient (Wildman–Crippen LogP) is 9.41. The number of carbonyl (C=O) groups excluding carboxylic acids is 6. The molecule has 10 aliphatic carbocycles. The summed E-state index contributed by atoms with van der Waals surface area (Å²) < 4.78 is 38.1. The molecule has 0 bridgehead atoms. The van der Waals surface area contributed by atoms with Gasteiger partial charge in [-0.2, -0.15) is 0 Å². The van der Waals surface area contributed by atoms with Crippen molar-refractivity contribution in [1.82, 2.24) is 0 Å². The lowest BCUT2D eigenvalue weighted by Gasteiger charge is -2.59. The zero-order valence-electron chi connectivity index (χ0n) is 47.6. The van der Waals surface area contributed by atoms with Crippen molar-refractivity contribution in [3.63, 3.8) is 0 Å². The Hall–Kier alpha value is -3.66. The second kappa shape index (κ2) is 20.6. The third kappa shape index (κ3) is 8.65. The van der Waals surface area contributed by atoms with Crippen molar-refractivity contribution < 1.29 is 67.4 Å². The smallest absolute Gasteiger partial charge is 0.308 e. The van der Waals surface area contributed by atoms with Crippen LogP contribution in [-0.2, 0) is 57.2 Å². The van der Waals surface area contributed by atoms with Crippen molar-refractivity contribution in [3.8, 4) is 0 Å².